The van der Waals surface area contributed by atoms with Gasteiger partial charge in [0.05, 0.1) is 13.1 Å². The van der Waals surface area contributed by atoms with Crippen molar-refractivity contribution in [2.45, 2.75) is 183 Å². The Bertz CT molecular complexity index is 1810. The number of hydroxylamine groups is 1. The maximum atomic E-state index is 14.8. The average Bonchev–Trinajstić information content (AvgIpc) is 3.02. The fourth-order valence-corrected chi connectivity index (χ4v) is 7.70. The number of amides is 3. The smallest absolute Gasteiger partial charge is 0.371 e. The number of phenolic OH excluding ortho intramolecular Hbond substituents is 3. The van der Waals surface area contributed by atoms with Gasteiger partial charge < -0.3 is 20.5 Å². The Labute approximate surface area is 342 Å². The van der Waals surface area contributed by atoms with Gasteiger partial charge in [0, 0.05) is 6.42 Å². The molecule has 9 nitrogen and oxygen atoms in total. The summed E-state index contributed by atoms with van der Waals surface area (Å²) in [5.74, 6) is -0.00847. The minimum Gasteiger partial charge on any atom is -0.607 e. The van der Waals surface area contributed by atoms with Crippen LogP contribution in [0, 0.1) is 5.21 Å². The van der Waals surface area contributed by atoms with E-state index in [1.165, 1.54) is 9.91 Å². The molecule has 4 N–H and O–H groups in total. The van der Waals surface area contributed by atoms with Crippen molar-refractivity contribution >= 4 is 11.9 Å². The molecule has 4 rings (SSSR count). The summed E-state index contributed by atoms with van der Waals surface area (Å²) in [5, 5.41) is 49.7. The second-order valence-corrected chi connectivity index (χ2v) is 22.5. The van der Waals surface area contributed by atoms with Gasteiger partial charge in [-0.3, -0.25) is 14.9 Å². The number of hydrogen-bond donors (Lipinski definition) is 4. The zero-order valence-electron chi connectivity index (χ0n) is 38.1. The number of rotatable bonds is 6. The quantitative estimate of drug-likeness (QED) is 0.185. The van der Waals surface area contributed by atoms with Crippen LogP contribution < -0.4 is 5.17 Å². The van der Waals surface area contributed by atoms with Crippen molar-refractivity contribution in [1.82, 2.24) is 9.91 Å². The first-order valence-corrected chi connectivity index (χ1v) is 20.3. The number of benzene rings is 3. The largest absolute Gasteiger partial charge is 0.607 e. The molecule has 2 atom stereocenters. The van der Waals surface area contributed by atoms with Gasteiger partial charge in [-0.25, -0.2) is 4.79 Å². The lowest BCUT2D eigenvalue weighted by atomic mass is 9.78. The average molecular weight is 786 g/mol. The van der Waals surface area contributed by atoms with Crippen LogP contribution in [0.15, 0.2) is 36.4 Å². The molecule has 1 saturated heterocycles. The van der Waals surface area contributed by atoms with Crippen molar-refractivity contribution in [2.24, 2.45) is 0 Å². The van der Waals surface area contributed by atoms with Crippen LogP contribution in [0.25, 0.3) is 0 Å². The third kappa shape index (κ3) is 9.63. The molecule has 2 unspecified atom stereocenters. The van der Waals surface area contributed by atoms with Crippen LogP contribution in [-0.4, -0.2) is 43.2 Å². The van der Waals surface area contributed by atoms with Crippen LogP contribution in [0.2, 0.25) is 0 Å². The predicted molar refractivity (Wildman–Crippen MR) is 230 cm³/mol. The number of nitrogens with one attached hydrogen (secondary N) is 1. The van der Waals surface area contributed by atoms with E-state index < -0.39 is 55.6 Å². The minimum absolute atomic E-state index is 0.0243. The maximum absolute atomic E-state index is 14.8. The highest BCUT2D eigenvalue weighted by atomic mass is 16.6. The number of aromatic hydroxyl groups is 3. The molecule has 3 amide bonds. The first-order valence-electron chi connectivity index (χ1n) is 20.3. The lowest BCUT2D eigenvalue weighted by Gasteiger charge is -2.45. The molecule has 1 aliphatic rings. The normalized spacial score (nSPS) is 17.8. The highest BCUT2D eigenvalue weighted by Gasteiger charge is 2.46. The van der Waals surface area contributed by atoms with Crippen molar-refractivity contribution in [1.29, 1.82) is 0 Å². The third-order valence-corrected chi connectivity index (χ3v) is 11.1. The van der Waals surface area contributed by atoms with Gasteiger partial charge in [-0.1, -0.05) is 137 Å². The molecule has 1 fully saturated rings. The van der Waals surface area contributed by atoms with Crippen LogP contribution >= 0.6 is 0 Å². The highest BCUT2D eigenvalue weighted by Crippen LogP contribution is 2.43. The standard InChI is InChI=1S/C48H71N3O6/c1-43(2,3)31-19-28(20-32(38(31)52)44(4,5)6)25-37-41(55)49(26-29-21-33(45(7,8)9)39(53)34(22-29)46(10,11)12)42(56)50(51(37)57)27-30-23-35(47(13,14)15)40(54)36(24-30)48(16,17)18/h19-24,37,51-54H,25-27H2,1-18H3. The first kappa shape index (κ1) is 45.6. The fourth-order valence-electron chi connectivity index (χ4n) is 7.70. The monoisotopic (exact) mass is 786 g/mol. The first-order chi connectivity index (χ1) is 25.5. The second kappa shape index (κ2) is 14.9. The SMILES string of the molecule is CC(C)(C)c1cc(CC2C(=O)N(Cc3cc(C(C)(C)C)c(O)c(C(C)(C)C)c3)C(=O)N(Cc3cc(C(C)(C)C)c(O)c(C(C)(C)C)c3)[NH+]2[O-])cc(C(C)(C)C)c1O. The lowest BCUT2D eigenvalue weighted by Crippen LogP contribution is -3.21. The number of hydrogen-bond acceptors (Lipinski definition) is 6. The summed E-state index contributed by atoms with van der Waals surface area (Å²) >= 11 is 0. The van der Waals surface area contributed by atoms with E-state index >= 15 is 0 Å². The summed E-state index contributed by atoms with van der Waals surface area (Å²) in [6.45, 7) is 36.0. The van der Waals surface area contributed by atoms with Crippen molar-refractivity contribution in [2.75, 3.05) is 0 Å². The molecule has 3 aromatic rings. The molecule has 1 heterocycles. The van der Waals surface area contributed by atoms with Gasteiger partial charge in [0.1, 0.15) is 17.2 Å². The molecule has 0 spiro atoms. The van der Waals surface area contributed by atoms with Crippen LogP contribution in [-0.2, 0) is 56.8 Å². The molecular formula is C48H71N3O6. The number of quaternary nitrogens is 1. The van der Waals surface area contributed by atoms with E-state index in [0.717, 1.165) is 0 Å². The van der Waals surface area contributed by atoms with Gasteiger partial charge in [-0.05, 0) is 107 Å². The summed E-state index contributed by atoms with van der Waals surface area (Å²) in [6.07, 6.45) is 0.0243. The second-order valence-electron chi connectivity index (χ2n) is 22.5. The Morgan fingerprint density at radius 1 is 0.491 bits per heavy atom. The fraction of sp³-hybridized carbons (Fsp3) is 0.583. The number of urea groups is 1. The highest BCUT2D eigenvalue weighted by molar-refractivity contribution is 5.97. The zero-order valence-corrected chi connectivity index (χ0v) is 38.1. The number of nitrogens with zero attached hydrogens (tertiary/aromatic N) is 2. The van der Waals surface area contributed by atoms with E-state index in [1.54, 1.807) is 0 Å². The molecule has 314 valence electrons. The predicted octanol–water partition coefficient (Wildman–Crippen LogP) is 9.46. The molecule has 0 saturated carbocycles. The summed E-state index contributed by atoms with van der Waals surface area (Å²) < 4.78 is 0. The molecular weight excluding hydrogens is 715 g/mol. The molecule has 0 aliphatic carbocycles. The lowest BCUT2D eigenvalue weighted by molar-refractivity contribution is -0.978. The van der Waals surface area contributed by atoms with E-state index in [-0.39, 0.29) is 36.8 Å². The van der Waals surface area contributed by atoms with Gasteiger partial charge in [0.2, 0.25) is 0 Å². The van der Waals surface area contributed by atoms with Crippen LogP contribution in [0.3, 0.4) is 0 Å². The number of carbonyl (C=O) groups is 2. The topological polar surface area (TPSA) is 129 Å². The Morgan fingerprint density at radius 3 is 1.04 bits per heavy atom. The van der Waals surface area contributed by atoms with Gasteiger partial charge >= 0.3 is 6.03 Å². The summed E-state index contributed by atoms with van der Waals surface area (Å²) in [5.41, 5.74) is 3.66. The van der Waals surface area contributed by atoms with E-state index in [0.29, 0.717) is 50.1 Å². The molecule has 9 heteroatoms. The maximum Gasteiger partial charge on any atom is 0.371 e. The molecule has 0 aromatic heterocycles. The van der Waals surface area contributed by atoms with Gasteiger partial charge in [-0.15, -0.1) is 0 Å². The zero-order chi connectivity index (χ0) is 43.8. The van der Waals surface area contributed by atoms with E-state index in [2.05, 4.69) is 0 Å². The molecule has 0 bridgehead atoms. The van der Waals surface area contributed by atoms with Crippen molar-refractivity contribution in [3.05, 3.63) is 91.7 Å². The van der Waals surface area contributed by atoms with Crippen LogP contribution in [0.4, 0.5) is 4.79 Å². The Morgan fingerprint density at radius 2 is 0.754 bits per heavy atom. The van der Waals surface area contributed by atoms with Crippen LogP contribution in [0.5, 0.6) is 17.2 Å². The Kier molecular flexibility index (Phi) is 12.0. The third-order valence-electron chi connectivity index (χ3n) is 11.1. The molecule has 1 aliphatic heterocycles. The molecule has 57 heavy (non-hydrogen) atoms. The number of imide groups is 1. The van der Waals surface area contributed by atoms with Crippen LogP contribution in [0.1, 0.15) is 175 Å². The molecule has 0 radical (unpaired) electrons. The van der Waals surface area contributed by atoms with Gasteiger partial charge in [-0.2, -0.15) is 5.01 Å². The van der Waals surface area contributed by atoms with E-state index in [1.807, 2.05) is 161 Å². The minimum atomic E-state index is -1.23. The Hall–Kier alpha value is -4.08. The van der Waals surface area contributed by atoms with Crippen molar-refractivity contribution in [3.63, 3.8) is 0 Å². The van der Waals surface area contributed by atoms with E-state index in [4.69, 9.17) is 0 Å². The van der Waals surface area contributed by atoms with Gasteiger partial charge in [0.15, 0.2) is 6.04 Å². The molecule has 3 aromatic carbocycles. The Balaban J connectivity index is 1.95. The van der Waals surface area contributed by atoms with Gasteiger partial charge in [0.25, 0.3) is 5.91 Å². The summed E-state index contributed by atoms with van der Waals surface area (Å²) in [6, 6.07) is 9.25. The van der Waals surface area contributed by atoms with Crippen molar-refractivity contribution < 1.29 is 30.1 Å². The van der Waals surface area contributed by atoms with Crippen molar-refractivity contribution in [3.8, 4) is 17.2 Å². The van der Waals surface area contributed by atoms with E-state index in [9.17, 15) is 30.1 Å². The number of carbonyl (C=O) groups excluding carboxylic acids is 2. The summed E-state index contributed by atoms with van der Waals surface area (Å²) in [4.78, 5) is 30.6. The summed E-state index contributed by atoms with van der Waals surface area (Å²) in [7, 11) is 0. The number of phenols is 3.